The predicted octanol–water partition coefficient (Wildman–Crippen LogP) is 9.47. The summed E-state index contributed by atoms with van der Waals surface area (Å²) in [5, 5.41) is 13.1. The second-order valence-corrected chi connectivity index (χ2v) is 19.9. The van der Waals surface area contributed by atoms with Gasteiger partial charge < -0.3 is 24.8 Å². The second-order valence-electron chi connectivity index (χ2n) is 19.9. The Bertz CT molecular complexity index is 3010. The van der Waals surface area contributed by atoms with Crippen LogP contribution in [0, 0.1) is 17.8 Å². The summed E-state index contributed by atoms with van der Waals surface area (Å²) in [7, 11) is 2.01. The second kappa shape index (κ2) is 22.3. The van der Waals surface area contributed by atoms with Crippen LogP contribution in [0.15, 0.2) is 164 Å². The first-order chi connectivity index (χ1) is 36.2. The summed E-state index contributed by atoms with van der Waals surface area (Å²) in [5.74, 6) is 4.16. The molecule has 378 valence electrons. The number of anilines is 1. The number of carbonyl (C=O) groups is 4. The Morgan fingerprint density at radius 3 is 2.09 bits per heavy atom. The minimum Gasteiger partial charge on any atom is -0.491 e. The average molecular weight is 990 g/mol. The lowest BCUT2D eigenvalue weighted by molar-refractivity contribution is -0.179. The number of fused-ring (bicyclic) bond motifs is 3. The van der Waals surface area contributed by atoms with Crippen LogP contribution in [0.4, 0.5) is 10.5 Å². The van der Waals surface area contributed by atoms with E-state index in [2.05, 4.69) is 39.1 Å². The number of carbonyl (C=O) groups excluding carboxylic acids is 4. The van der Waals surface area contributed by atoms with Crippen LogP contribution < -0.4 is 15.0 Å². The first-order valence-corrected chi connectivity index (χ1v) is 25.9. The number of imide groups is 1. The SMILES string of the molecule is C[C@@H](NC(=O)N1C(=O)[C@@]2(c3cc(C#CCN(C)Cc4ccccc4)ccc31)[C@H](C(=O)N1CCCCCCC1)[C@H]1C(=O)O[C@H](c3ccccc3)[C@H](c3ccccc3)N1[C@@H]2c1cccc(OCCO)c1)c1ccccc1. The Morgan fingerprint density at radius 1 is 0.770 bits per heavy atom. The lowest BCUT2D eigenvalue weighted by Crippen LogP contribution is -2.57. The fourth-order valence-electron chi connectivity index (χ4n) is 11.9. The maximum absolute atomic E-state index is 16.9. The number of nitrogens with zero attached hydrogens (tertiary/aromatic N) is 4. The number of aliphatic hydroxyl groups excluding tert-OH is 1. The number of amides is 4. The van der Waals surface area contributed by atoms with Gasteiger partial charge in [-0.1, -0.05) is 165 Å². The number of hydrogen-bond donors (Lipinski definition) is 2. The fourth-order valence-corrected chi connectivity index (χ4v) is 11.9. The van der Waals surface area contributed by atoms with Crippen molar-refractivity contribution in [3.63, 3.8) is 0 Å². The van der Waals surface area contributed by atoms with Crippen molar-refractivity contribution >= 4 is 29.5 Å². The van der Waals surface area contributed by atoms with E-state index in [9.17, 15) is 5.11 Å². The predicted molar refractivity (Wildman–Crippen MR) is 284 cm³/mol. The number of ether oxygens (including phenoxy) is 2. The number of cyclic esters (lactones) is 1. The summed E-state index contributed by atoms with van der Waals surface area (Å²) >= 11 is 0. The van der Waals surface area contributed by atoms with Crippen LogP contribution in [-0.2, 0) is 31.1 Å². The molecule has 12 heteroatoms. The molecule has 12 nitrogen and oxygen atoms in total. The third-order valence-corrected chi connectivity index (χ3v) is 15.1. The summed E-state index contributed by atoms with van der Waals surface area (Å²) in [6.45, 7) is 3.65. The van der Waals surface area contributed by atoms with E-state index in [1.54, 1.807) is 12.1 Å². The zero-order chi connectivity index (χ0) is 51.2. The Balaban J connectivity index is 1.23. The van der Waals surface area contributed by atoms with Crippen LogP contribution in [0.25, 0.3) is 0 Å². The highest BCUT2D eigenvalue weighted by molar-refractivity contribution is 6.24. The Morgan fingerprint density at radius 2 is 1.41 bits per heavy atom. The molecule has 2 N–H and O–H groups in total. The molecule has 0 unspecified atom stereocenters. The fraction of sp³-hybridized carbons (Fsp3) is 0.323. The number of urea groups is 1. The Labute approximate surface area is 433 Å². The van der Waals surface area contributed by atoms with E-state index in [-0.39, 0.29) is 19.1 Å². The highest BCUT2D eigenvalue weighted by Crippen LogP contribution is 2.66. The minimum absolute atomic E-state index is 0.00853. The van der Waals surface area contributed by atoms with E-state index < -0.39 is 59.5 Å². The van der Waals surface area contributed by atoms with Crippen LogP contribution in [-0.4, -0.2) is 89.6 Å². The highest BCUT2D eigenvalue weighted by Gasteiger charge is 2.76. The largest absolute Gasteiger partial charge is 0.491 e. The maximum Gasteiger partial charge on any atom is 0.329 e. The van der Waals surface area contributed by atoms with E-state index in [0.717, 1.165) is 54.4 Å². The van der Waals surface area contributed by atoms with Crippen molar-refractivity contribution in [3.05, 3.63) is 203 Å². The molecule has 4 aliphatic rings. The zero-order valence-corrected chi connectivity index (χ0v) is 42.0. The van der Waals surface area contributed by atoms with Crippen molar-refractivity contribution in [1.29, 1.82) is 0 Å². The molecule has 0 bridgehead atoms. The van der Waals surface area contributed by atoms with Gasteiger partial charge in [-0.05, 0) is 90.5 Å². The van der Waals surface area contributed by atoms with Crippen molar-refractivity contribution in [3.8, 4) is 17.6 Å². The smallest absolute Gasteiger partial charge is 0.329 e. The monoisotopic (exact) mass is 989 g/mol. The van der Waals surface area contributed by atoms with Gasteiger partial charge in [-0.15, -0.1) is 0 Å². The molecule has 0 radical (unpaired) electrons. The van der Waals surface area contributed by atoms with E-state index >= 15 is 19.2 Å². The molecule has 0 saturated carbocycles. The molecule has 7 atom stereocenters. The number of aliphatic hydroxyl groups is 1. The molecule has 3 saturated heterocycles. The third kappa shape index (κ3) is 9.71. The summed E-state index contributed by atoms with van der Waals surface area (Å²) in [6, 6.07) is 47.6. The van der Waals surface area contributed by atoms with Gasteiger partial charge in [0.05, 0.1) is 42.9 Å². The van der Waals surface area contributed by atoms with Crippen molar-refractivity contribution in [2.45, 2.75) is 81.3 Å². The van der Waals surface area contributed by atoms with Gasteiger partial charge >= 0.3 is 12.0 Å². The van der Waals surface area contributed by atoms with E-state index in [4.69, 9.17) is 9.47 Å². The Hall–Kier alpha value is -7.56. The summed E-state index contributed by atoms with van der Waals surface area (Å²) in [6.07, 6.45) is 3.57. The number of nitrogens with one attached hydrogen (secondary N) is 1. The maximum atomic E-state index is 16.9. The standard InChI is InChI=1S/C62H63N5O7/c1-43(46-25-12-7-13-26-46)63-61(72)66-52-34-33-44(24-21-35-64(2)42-45-22-10-6-11-23-45)40-51(52)62(60(66)71)53(58(69)65-36-18-4-3-5-19-37-65)55-59(70)74-56(48-29-16-9-17-30-48)54(47-27-14-8-15-28-47)67(55)57(62)49-31-20-32-50(41-49)73-39-38-68/h6-17,20,22-23,25-34,40-41,43,53-57,68H,3-5,18-19,35-39,42H2,1-2H3,(H,63,72)/t43-,53+,54+,55+,56-,57-,62+/m1/s1. The summed E-state index contributed by atoms with van der Waals surface area (Å²) < 4.78 is 12.8. The molecule has 0 aliphatic carbocycles. The normalized spacial score (nSPS) is 22.9. The first-order valence-electron chi connectivity index (χ1n) is 25.9. The third-order valence-electron chi connectivity index (χ3n) is 15.1. The lowest BCUT2D eigenvalue weighted by Gasteiger charge is -2.46. The lowest BCUT2D eigenvalue weighted by atomic mass is 9.64. The van der Waals surface area contributed by atoms with E-state index in [1.165, 1.54) is 4.90 Å². The summed E-state index contributed by atoms with van der Waals surface area (Å²) in [5.41, 5.74) is 3.47. The molecule has 6 aromatic carbocycles. The molecule has 4 heterocycles. The number of rotatable bonds is 12. The minimum atomic E-state index is -1.94. The molecule has 6 aromatic rings. The summed E-state index contributed by atoms with van der Waals surface area (Å²) in [4.78, 5) is 71.6. The number of benzene rings is 6. The molecule has 4 amide bonds. The van der Waals surface area contributed by atoms with Crippen LogP contribution in [0.3, 0.4) is 0 Å². The van der Waals surface area contributed by atoms with Crippen LogP contribution in [0.1, 0.15) is 102 Å². The first kappa shape index (κ1) is 50.0. The average Bonchev–Trinajstić information content (AvgIpc) is 3.92. The van der Waals surface area contributed by atoms with Gasteiger partial charge in [0, 0.05) is 25.2 Å². The molecule has 0 aromatic heterocycles. The van der Waals surface area contributed by atoms with Crippen LogP contribution in [0.2, 0.25) is 0 Å². The number of hydrogen-bond acceptors (Lipinski definition) is 9. The molecule has 10 rings (SSSR count). The van der Waals surface area contributed by atoms with Crippen molar-refractivity contribution in [2.75, 3.05) is 44.8 Å². The van der Waals surface area contributed by atoms with Gasteiger partial charge in [0.25, 0.3) is 0 Å². The molecular formula is C62H63N5O7. The number of esters is 1. The van der Waals surface area contributed by atoms with Gasteiger partial charge in [0.1, 0.15) is 29.9 Å². The van der Waals surface area contributed by atoms with Crippen molar-refractivity contribution in [2.24, 2.45) is 5.92 Å². The van der Waals surface area contributed by atoms with Gasteiger partial charge in [0.15, 0.2) is 0 Å². The van der Waals surface area contributed by atoms with Crippen LogP contribution in [0.5, 0.6) is 5.75 Å². The molecule has 3 fully saturated rings. The Kier molecular flexibility index (Phi) is 15.1. The van der Waals surface area contributed by atoms with Crippen LogP contribution >= 0.6 is 0 Å². The number of likely N-dealkylation sites (tertiary alicyclic amines) is 1. The van der Waals surface area contributed by atoms with E-state index in [1.807, 2.05) is 158 Å². The van der Waals surface area contributed by atoms with Gasteiger partial charge in [-0.2, -0.15) is 0 Å². The van der Waals surface area contributed by atoms with Crippen molar-refractivity contribution in [1.82, 2.24) is 20.0 Å². The van der Waals surface area contributed by atoms with Crippen molar-refractivity contribution < 1.29 is 33.8 Å². The zero-order valence-electron chi connectivity index (χ0n) is 42.0. The topological polar surface area (TPSA) is 132 Å². The van der Waals surface area contributed by atoms with Gasteiger partial charge in [-0.3, -0.25) is 24.2 Å². The van der Waals surface area contributed by atoms with E-state index in [0.29, 0.717) is 54.3 Å². The van der Waals surface area contributed by atoms with Gasteiger partial charge in [0.2, 0.25) is 11.8 Å². The number of morpholine rings is 1. The highest BCUT2D eigenvalue weighted by atomic mass is 16.6. The quantitative estimate of drug-likeness (QED) is 0.0910. The molecule has 4 aliphatic heterocycles. The molecule has 74 heavy (non-hydrogen) atoms. The molecule has 1 spiro atoms. The van der Waals surface area contributed by atoms with Gasteiger partial charge in [-0.25, -0.2) is 9.69 Å². The molecular weight excluding hydrogens is 927 g/mol.